The van der Waals surface area contributed by atoms with Crippen LogP contribution < -0.4 is 16.0 Å². The van der Waals surface area contributed by atoms with Crippen molar-refractivity contribution >= 4 is 46.1 Å². The molecular formula is C30H36ClFN6O4. The third-order valence-electron chi connectivity index (χ3n) is 7.12. The van der Waals surface area contributed by atoms with Crippen LogP contribution in [0.3, 0.4) is 0 Å². The van der Waals surface area contributed by atoms with Gasteiger partial charge in [-0.15, -0.1) is 0 Å². The Balaban J connectivity index is 1.27. The summed E-state index contributed by atoms with van der Waals surface area (Å²) in [7, 11) is 0. The molecule has 1 aromatic heterocycles. The molecule has 0 saturated carbocycles. The van der Waals surface area contributed by atoms with Crippen LogP contribution in [0.1, 0.15) is 25.3 Å². The summed E-state index contributed by atoms with van der Waals surface area (Å²) in [6, 6.07) is 13.5. The van der Waals surface area contributed by atoms with Gasteiger partial charge in [-0.25, -0.2) is 14.2 Å². The number of nitrogens with zero attached hydrogens (tertiary/aromatic N) is 3. The van der Waals surface area contributed by atoms with Gasteiger partial charge in [-0.05, 0) is 42.5 Å². The summed E-state index contributed by atoms with van der Waals surface area (Å²) in [5, 5.41) is 10.5. The second kappa shape index (κ2) is 15.4. The lowest BCUT2D eigenvalue weighted by atomic mass is 10.1. The number of benzene rings is 2. The molecule has 4 rings (SSSR count). The highest BCUT2D eigenvalue weighted by Crippen LogP contribution is 2.19. The van der Waals surface area contributed by atoms with Crippen molar-refractivity contribution in [1.82, 2.24) is 25.4 Å². The maximum Gasteiger partial charge on any atom is 0.412 e. The minimum Gasteiger partial charge on any atom is -0.447 e. The van der Waals surface area contributed by atoms with Gasteiger partial charge in [0.2, 0.25) is 11.8 Å². The number of carbonyl (C=O) groups excluding carboxylic acids is 3. The number of hydrogen-bond donors (Lipinski definition) is 3. The van der Waals surface area contributed by atoms with Crippen molar-refractivity contribution < 1.29 is 23.5 Å². The summed E-state index contributed by atoms with van der Waals surface area (Å²) in [5.41, 5.74) is 0.549. The van der Waals surface area contributed by atoms with Crippen LogP contribution in [0.5, 0.6) is 0 Å². The fraction of sp³-hybridized carbons (Fsp3) is 0.400. The van der Waals surface area contributed by atoms with Crippen molar-refractivity contribution in [2.75, 3.05) is 51.2 Å². The van der Waals surface area contributed by atoms with E-state index in [1.807, 2.05) is 29.2 Å². The number of piperazine rings is 1. The van der Waals surface area contributed by atoms with Crippen LogP contribution in [0.25, 0.3) is 10.8 Å². The first-order chi connectivity index (χ1) is 20.3. The first-order valence-electron chi connectivity index (χ1n) is 14.0. The Hall–Kier alpha value is -3.80. The van der Waals surface area contributed by atoms with Crippen molar-refractivity contribution in [3.8, 4) is 0 Å². The number of hydrogen-bond acceptors (Lipinski definition) is 7. The standard InChI is InChI=1S/C30H36ClFN6O4/c1-21(39)38-14-12-37(13-15-38)11-5-9-25(35-28(40)19-33-17-24-8-4-10-26(32)29(24)31)20-42-30(41)36-27-16-22-6-2-3-7-23(22)18-34-27/h2-4,6-8,10,16,18,25,33H,5,9,11-15,17,19-20H2,1H3,(H,35,40)(H,34,36,41)/t25-/m0/s1. The van der Waals surface area contributed by atoms with Crippen molar-refractivity contribution in [1.29, 1.82) is 0 Å². The topological polar surface area (TPSA) is 116 Å². The summed E-state index contributed by atoms with van der Waals surface area (Å²) >= 11 is 6.00. The van der Waals surface area contributed by atoms with Crippen molar-refractivity contribution in [3.63, 3.8) is 0 Å². The molecule has 224 valence electrons. The van der Waals surface area contributed by atoms with Crippen LogP contribution in [0.2, 0.25) is 5.02 Å². The van der Waals surface area contributed by atoms with Crippen molar-refractivity contribution in [2.24, 2.45) is 0 Å². The van der Waals surface area contributed by atoms with Gasteiger partial charge in [0.05, 0.1) is 17.6 Å². The summed E-state index contributed by atoms with van der Waals surface area (Å²) in [6.07, 6.45) is 2.34. The van der Waals surface area contributed by atoms with Crippen LogP contribution in [0.4, 0.5) is 15.0 Å². The van der Waals surface area contributed by atoms with Gasteiger partial charge in [-0.3, -0.25) is 19.8 Å². The van der Waals surface area contributed by atoms with E-state index in [4.69, 9.17) is 16.3 Å². The number of aromatic nitrogens is 1. The molecule has 0 unspecified atom stereocenters. The Bertz CT molecular complexity index is 1380. The van der Waals surface area contributed by atoms with Gasteiger partial charge in [-0.2, -0.15) is 0 Å². The second-order valence-electron chi connectivity index (χ2n) is 10.2. The van der Waals surface area contributed by atoms with Gasteiger partial charge in [-0.1, -0.05) is 48.0 Å². The molecule has 1 saturated heterocycles. The van der Waals surface area contributed by atoms with Crippen LogP contribution >= 0.6 is 11.6 Å². The SMILES string of the molecule is CC(=O)N1CCN(CCC[C@@H](COC(=O)Nc2cc3ccccc3cn2)NC(=O)CNCc2cccc(F)c2Cl)CC1. The Morgan fingerprint density at radius 3 is 2.60 bits per heavy atom. The van der Waals surface area contributed by atoms with Crippen molar-refractivity contribution in [2.45, 2.75) is 32.4 Å². The molecule has 1 aliphatic heterocycles. The van der Waals surface area contributed by atoms with E-state index in [1.54, 1.807) is 31.3 Å². The zero-order valence-corrected chi connectivity index (χ0v) is 24.3. The maximum atomic E-state index is 13.7. The number of anilines is 1. The highest BCUT2D eigenvalue weighted by Gasteiger charge is 2.20. The highest BCUT2D eigenvalue weighted by atomic mass is 35.5. The van der Waals surface area contributed by atoms with E-state index < -0.39 is 18.0 Å². The monoisotopic (exact) mass is 598 g/mol. The first-order valence-corrected chi connectivity index (χ1v) is 14.4. The molecule has 10 nitrogen and oxygen atoms in total. The number of halogens is 2. The molecule has 2 aromatic carbocycles. The third kappa shape index (κ3) is 9.37. The molecule has 1 aliphatic rings. The van der Waals surface area contributed by atoms with E-state index in [1.165, 1.54) is 6.07 Å². The molecule has 3 amide bonds. The smallest absolute Gasteiger partial charge is 0.412 e. The summed E-state index contributed by atoms with van der Waals surface area (Å²) in [6.45, 7) is 5.52. The number of ether oxygens (including phenoxy) is 1. The summed E-state index contributed by atoms with van der Waals surface area (Å²) in [5.74, 6) is -0.357. The summed E-state index contributed by atoms with van der Waals surface area (Å²) in [4.78, 5) is 45.2. The van der Waals surface area contributed by atoms with Crippen molar-refractivity contribution in [3.05, 3.63) is 71.1 Å². The Labute approximate surface area is 249 Å². The number of carbonyl (C=O) groups is 3. The molecule has 0 spiro atoms. The normalized spacial score (nSPS) is 14.4. The number of amides is 3. The molecule has 1 atom stereocenters. The molecule has 1 fully saturated rings. The molecule has 42 heavy (non-hydrogen) atoms. The van der Waals surface area contributed by atoms with Gasteiger partial charge in [0.25, 0.3) is 0 Å². The molecule has 12 heteroatoms. The Morgan fingerprint density at radius 2 is 1.83 bits per heavy atom. The Morgan fingerprint density at radius 1 is 1.07 bits per heavy atom. The quantitative estimate of drug-likeness (QED) is 0.290. The molecule has 0 aliphatic carbocycles. The molecule has 0 bridgehead atoms. The summed E-state index contributed by atoms with van der Waals surface area (Å²) < 4.78 is 19.2. The number of nitrogens with one attached hydrogen (secondary N) is 3. The largest absolute Gasteiger partial charge is 0.447 e. The molecule has 2 heterocycles. The maximum absolute atomic E-state index is 13.7. The predicted molar refractivity (Wildman–Crippen MR) is 160 cm³/mol. The fourth-order valence-electron chi connectivity index (χ4n) is 4.79. The minimum atomic E-state index is -0.670. The van der Waals surface area contributed by atoms with Crippen LogP contribution in [-0.4, -0.2) is 84.6 Å². The molecule has 0 radical (unpaired) electrons. The van der Waals surface area contributed by atoms with E-state index in [0.717, 1.165) is 36.8 Å². The zero-order chi connectivity index (χ0) is 29.9. The molecule has 3 aromatic rings. The highest BCUT2D eigenvalue weighted by molar-refractivity contribution is 6.31. The van der Waals surface area contributed by atoms with Crippen LogP contribution in [0.15, 0.2) is 54.7 Å². The second-order valence-corrected chi connectivity index (χ2v) is 10.6. The number of fused-ring (bicyclic) bond motifs is 1. The van der Waals surface area contributed by atoms with Gasteiger partial charge >= 0.3 is 6.09 Å². The average Bonchev–Trinajstić information content (AvgIpc) is 2.98. The molecule has 3 N–H and O–H groups in total. The lowest BCUT2D eigenvalue weighted by Gasteiger charge is -2.34. The van der Waals surface area contributed by atoms with Crippen LogP contribution in [-0.2, 0) is 20.9 Å². The van der Waals surface area contributed by atoms with Gasteiger partial charge in [0.15, 0.2) is 0 Å². The Kier molecular flexibility index (Phi) is 11.4. The van der Waals surface area contributed by atoms with E-state index in [0.29, 0.717) is 30.9 Å². The number of rotatable bonds is 12. The third-order valence-corrected chi connectivity index (χ3v) is 7.54. The fourth-order valence-corrected chi connectivity index (χ4v) is 4.98. The average molecular weight is 599 g/mol. The lowest BCUT2D eigenvalue weighted by Crippen LogP contribution is -2.48. The number of pyridine rings is 1. The molecular weight excluding hydrogens is 563 g/mol. The first kappa shape index (κ1) is 31.1. The minimum absolute atomic E-state index is 0.0211. The van der Waals surface area contributed by atoms with E-state index in [9.17, 15) is 18.8 Å². The van der Waals surface area contributed by atoms with Crippen LogP contribution in [0, 0.1) is 5.82 Å². The predicted octanol–water partition coefficient (Wildman–Crippen LogP) is 3.79. The van der Waals surface area contributed by atoms with E-state index >= 15 is 0 Å². The van der Waals surface area contributed by atoms with Gasteiger partial charge in [0, 0.05) is 51.2 Å². The zero-order valence-electron chi connectivity index (χ0n) is 23.6. The van der Waals surface area contributed by atoms with E-state index in [2.05, 4.69) is 25.8 Å². The van der Waals surface area contributed by atoms with E-state index in [-0.39, 0.29) is 36.5 Å². The van der Waals surface area contributed by atoms with Gasteiger partial charge in [0.1, 0.15) is 18.2 Å². The lowest BCUT2D eigenvalue weighted by molar-refractivity contribution is -0.130. The van der Waals surface area contributed by atoms with Gasteiger partial charge < -0.3 is 20.3 Å².